The van der Waals surface area contributed by atoms with E-state index in [1.54, 1.807) is 12.1 Å². The standard InChI is InChI=1S/C13H19NO3/c1-3-12(14(2)9-8-13(16)17)10-4-6-11(15)7-5-10/h4-7,12,15H,3,8-9H2,1-2H3,(H,16,17). The third kappa shape index (κ3) is 4.07. The normalized spacial score (nSPS) is 12.6. The zero-order valence-corrected chi connectivity index (χ0v) is 10.3. The van der Waals surface area contributed by atoms with E-state index in [1.807, 2.05) is 24.1 Å². The monoisotopic (exact) mass is 237 g/mol. The maximum atomic E-state index is 10.5. The van der Waals surface area contributed by atoms with E-state index in [-0.39, 0.29) is 18.2 Å². The molecule has 1 unspecified atom stereocenters. The van der Waals surface area contributed by atoms with Crippen molar-refractivity contribution in [1.29, 1.82) is 0 Å². The number of carbonyl (C=O) groups is 1. The summed E-state index contributed by atoms with van der Waals surface area (Å²) >= 11 is 0. The molecule has 2 N–H and O–H groups in total. The van der Waals surface area contributed by atoms with Crippen LogP contribution in [0.5, 0.6) is 5.75 Å². The minimum absolute atomic E-state index is 0.144. The third-order valence-electron chi connectivity index (χ3n) is 2.87. The molecule has 0 aliphatic rings. The molecule has 0 saturated heterocycles. The number of carboxylic acid groups (broad SMARTS) is 1. The van der Waals surface area contributed by atoms with Crippen LogP contribution in [0.3, 0.4) is 0 Å². The van der Waals surface area contributed by atoms with Crippen molar-refractivity contribution in [1.82, 2.24) is 4.90 Å². The van der Waals surface area contributed by atoms with Gasteiger partial charge in [-0.1, -0.05) is 19.1 Å². The molecule has 0 heterocycles. The van der Waals surface area contributed by atoms with Crippen LogP contribution >= 0.6 is 0 Å². The van der Waals surface area contributed by atoms with Gasteiger partial charge in [0.25, 0.3) is 0 Å². The van der Waals surface area contributed by atoms with E-state index in [0.717, 1.165) is 12.0 Å². The Labute approximate surface area is 101 Å². The van der Waals surface area contributed by atoms with Crippen LogP contribution < -0.4 is 0 Å². The molecule has 0 bridgehead atoms. The average Bonchev–Trinajstić information content (AvgIpc) is 2.30. The van der Waals surface area contributed by atoms with Gasteiger partial charge in [-0.25, -0.2) is 0 Å². The highest BCUT2D eigenvalue weighted by molar-refractivity contribution is 5.66. The Balaban J connectivity index is 2.69. The molecule has 94 valence electrons. The summed E-state index contributed by atoms with van der Waals surface area (Å²) in [6.07, 6.45) is 1.05. The van der Waals surface area contributed by atoms with Crippen molar-refractivity contribution in [3.8, 4) is 5.75 Å². The summed E-state index contributed by atoms with van der Waals surface area (Å²) in [7, 11) is 1.92. The van der Waals surface area contributed by atoms with Gasteiger partial charge < -0.3 is 10.2 Å². The first-order valence-corrected chi connectivity index (χ1v) is 5.75. The van der Waals surface area contributed by atoms with Crippen LogP contribution in [0.1, 0.15) is 31.4 Å². The number of aromatic hydroxyl groups is 1. The molecule has 0 radical (unpaired) electrons. The fourth-order valence-electron chi connectivity index (χ4n) is 1.93. The third-order valence-corrected chi connectivity index (χ3v) is 2.87. The van der Waals surface area contributed by atoms with Crippen LogP contribution in [0.2, 0.25) is 0 Å². The van der Waals surface area contributed by atoms with Gasteiger partial charge in [0.2, 0.25) is 0 Å². The molecule has 1 aromatic carbocycles. The van der Waals surface area contributed by atoms with Gasteiger partial charge in [-0.2, -0.15) is 0 Å². The molecule has 0 spiro atoms. The Morgan fingerprint density at radius 3 is 2.41 bits per heavy atom. The van der Waals surface area contributed by atoms with E-state index in [9.17, 15) is 9.90 Å². The topological polar surface area (TPSA) is 60.8 Å². The number of phenols is 1. The van der Waals surface area contributed by atoms with Gasteiger partial charge in [-0.15, -0.1) is 0 Å². The van der Waals surface area contributed by atoms with Crippen molar-refractivity contribution < 1.29 is 15.0 Å². The van der Waals surface area contributed by atoms with Crippen LogP contribution in [0.15, 0.2) is 24.3 Å². The van der Waals surface area contributed by atoms with Crippen molar-refractivity contribution in [3.63, 3.8) is 0 Å². The van der Waals surface area contributed by atoms with Gasteiger partial charge in [-0.3, -0.25) is 9.69 Å². The summed E-state index contributed by atoms with van der Waals surface area (Å²) in [6, 6.07) is 7.25. The first-order chi connectivity index (χ1) is 8.04. The van der Waals surface area contributed by atoms with Crippen molar-refractivity contribution in [2.75, 3.05) is 13.6 Å². The van der Waals surface area contributed by atoms with E-state index in [1.165, 1.54) is 0 Å². The van der Waals surface area contributed by atoms with Crippen LogP contribution in [0.25, 0.3) is 0 Å². The van der Waals surface area contributed by atoms with Gasteiger partial charge in [0.15, 0.2) is 0 Å². The lowest BCUT2D eigenvalue weighted by atomic mass is 10.0. The zero-order valence-electron chi connectivity index (χ0n) is 10.3. The predicted octanol–water partition coefficient (Wildman–Crippen LogP) is 2.25. The van der Waals surface area contributed by atoms with Crippen LogP contribution in [-0.4, -0.2) is 34.7 Å². The van der Waals surface area contributed by atoms with Crippen molar-refractivity contribution in [2.45, 2.75) is 25.8 Å². The smallest absolute Gasteiger partial charge is 0.304 e. The summed E-state index contributed by atoms with van der Waals surface area (Å²) in [5.74, 6) is -0.533. The molecule has 1 rings (SSSR count). The second kappa shape index (κ2) is 6.25. The highest BCUT2D eigenvalue weighted by Gasteiger charge is 2.15. The maximum Gasteiger partial charge on any atom is 0.304 e. The lowest BCUT2D eigenvalue weighted by Crippen LogP contribution is -2.26. The summed E-state index contributed by atoms with van der Waals surface area (Å²) < 4.78 is 0. The first kappa shape index (κ1) is 13.5. The lowest BCUT2D eigenvalue weighted by molar-refractivity contribution is -0.137. The first-order valence-electron chi connectivity index (χ1n) is 5.75. The molecule has 0 aliphatic carbocycles. The SMILES string of the molecule is CCC(c1ccc(O)cc1)N(C)CCC(=O)O. The molecule has 0 aromatic heterocycles. The predicted molar refractivity (Wildman–Crippen MR) is 66.0 cm³/mol. The minimum Gasteiger partial charge on any atom is -0.508 e. The van der Waals surface area contributed by atoms with Crippen molar-refractivity contribution >= 4 is 5.97 Å². The molecule has 4 nitrogen and oxygen atoms in total. The van der Waals surface area contributed by atoms with Crippen LogP contribution in [0, 0.1) is 0 Å². The molecule has 17 heavy (non-hydrogen) atoms. The fourth-order valence-corrected chi connectivity index (χ4v) is 1.93. The Morgan fingerprint density at radius 1 is 1.35 bits per heavy atom. The second-order valence-electron chi connectivity index (χ2n) is 4.14. The Kier molecular flexibility index (Phi) is 4.97. The number of nitrogens with zero attached hydrogens (tertiary/aromatic N) is 1. The second-order valence-corrected chi connectivity index (χ2v) is 4.14. The van der Waals surface area contributed by atoms with E-state index in [4.69, 9.17) is 5.11 Å². The molecule has 1 atom stereocenters. The summed E-state index contributed by atoms with van der Waals surface area (Å²) in [6.45, 7) is 2.59. The number of phenolic OH excluding ortho intramolecular Hbond substituents is 1. The Bertz CT molecular complexity index is 361. The highest BCUT2D eigenvalue weighted by Crippen LogP contribution is 2.24. The molecule has 0 aliphatic heterocycles. The molecule has 0 saturated carbocycles. The number of carboxylic acids is 1. The van der Waals surface area contributed by atoms with Gasteiger partial charge in [-0.05, 0) is 31.2 Å². The molecular weight excluding hydrogens is 218 g/mol. The minimum atomic E-state index is -0.780. The number of hydrogen-bond donors (Lipinski definition) is 2. The summed E-state index contributed by atoms with van der Waals surface area (Å²) in [4.78, 5) is 12.6. The molecular formula is C13H19NO3. The molecule has 0 amide bonds. The maximum absolute atomic E-state index is 10.5. The van der Waals surface area contributed by atoms with Crippen LogP contribution in [-0.2, 0) is 4.79 Å². The van der Waals surface area contributed by atoms with Crippen molar-refractivity contribution in [3.05, 3.63) is 29.8 Å². The van der Waals surface area contributed by atoms with E-state index < -0.39 is 5.97 Å². The number of benzene rings is 1. The van der Waals surface area contributed by atoms with Gasteiger partial charge in [0.1, 0.15) is 5.75 Å². The fraction of sp³-hybridized carbons (Fsp3) is 0.462. The number of hydrogen-bond acceptors (Lipinski definition) is 3. The Hall–Kier alpha value is -1.55. The van der Waals surface area contributed by atoms with Gasteiger partial charge in [0, 0.05) is 12.6 Å². The largest absolute Gasteiger partial charge is 0.508 e. The van der Waals surface area contributed by atoms with E-state index in [0.29, 0.717) is 6.54 Å². The van der Waals surface area contributed by atoms with Crippen LogP contribution in [0.4, 0.5) is 0 Å². The zero-order chi connectivity index (χ0) is 12.8. The number of rotatable bonds is 6. The highest BCUT2D eigenvalue weighted by atomic mass is 16.4. The lowest BCUT2D eigenvalue weighted by Gasteiger charge is -2.27. The molecule has 4 heteroatoms. The van der Waals surface area contributed by atoms with E-state index in [2.05, 4.69) is 6.92 Å². The van der Waals surface area contributed by atoms with E-state index >= 15 is 0 Å². The quantitative estimate of drug-likeness (QED) is 0.796. The van der Waals surface area contributed by atoms with Crippen molar-refractivity contribution in [2.24, 2.45) is 0 Å². The van der Waals surface area contributed by atoms with Gasteiger partial charge >= 0.3 is 5.97 Å². The molecule has 0 fully saturated rings. The Morgan fingerprint density at radius 2 is 1.94 bits per heavy atom. The summed E-state index contributed by atoms with van der Waals surface area (Å²) in [5, 5.41) is 17.9. The summed E-state index contributed by atoms with van der Waals surface area (Å²) in [5.41, 5.74) is 1.10. The average molecular weight is 237 g/mol. The van der Waals surface area contributed by atoms with Gasteiger partial charge in [0.05, 0.1) is 6.42 Å². The molecule has 1 aromatic rings. The number of aliphatic carboxylic acids is 1.